The molecule has 0 aromatic carbocycles. The van der Waals surface area contributed by atoms with E-state index in [4.69, 9.17) is 4.74 Å². The lowest BCUT2D eigenvalue weighted by Crippen LogP contribution is -2.23. The summed E-state index contributed by atoms with van der Waals surface area (Å²) < 4.78 is 4.77. The second-order valence-corrected chi connectivity index (χ2v) is 5.71. The van der Waals surface area contributed by atoms with Crippen LogP contribution in [0.1, 0.15) is 53.9 Å². The minimum Gasteiger partial charge on any atom is -0.465 e. The van der Waals surface area contributed by atoms with E-state index >= 15 is 0 Å². The molecule has 1 N–H and O–H groups in total. The number of ether oxygens (including phenoxy) is 1. The van der Waals surface area contributed by atoms with Crippen LogP contribution in [0.2, 0.25) is 0 Å². The first-order valence-corrected chi connectivity index (χ1v) is 6.02. The van der Waals surface area contributed by atoms with E-state index in [1.165, 1.54) is 0 Å². The van der Waals surface area contributed by atoms with E-state index in [0.717, 1.165) is 12.8 Å². The molecule has 0 fully saturated rings. The van der Waals surface area contributed by atoms with Crippen LogP contribution in [0.4, 0.5) is 0 Å². The minimum absolute atomic E-state index is 0.0983. The Labute approximate surface area is 105 Å². The summed E-state index contributed by atoms with van der Waals surface area (Å²) in [5.41, 5.74) is -1.06. The normalized spacial score (nSPS) is 16.4. The fourth-order valence-electron chi connectivity index (χ4n) is 1.28. The molecule has 0 aliphatic rings. The van der Waals surface area contributed by atoms with Gasteiger partial charge in [0.2, 0.25) is 0 Å². The highest BCUT2D eigenvalue weighted by molar-refractivity contribution is 5.37. The molecule has 0 unspecified atom stereocenters. The summed E-state index contributed by atoms with van der Waals surface area (Å²) in [7, 11) is 0. The molecule has 0 aliphatic carbocycles. The van der Waals surface area contributed by atoms with Crippen molar-refractivity contribution in [3.8, 4) is 11.8 Å². The predicted octanol–water partition coefficient (Wildman–Crippen LogP) is 2.52. The van der Waals surface area contributed by atoms with Crippen LogP contribution in [0.15, 0.2) is 0 Å². The molecule has 0 bridgehead atoms. The summed E-state index contributed by atoms with van der Waals surface area (Å²) in [5, 5.41) is 10.0. The Morgan fingerprint density at radius 1 is 1.29 bits per heavy atom. The number of hydrogen-bond acceptors (Lipinski definition) is 3. The fraction of sp³-hybridized carbons (Fsp3) is 0.786. The molecule has 2 atom stereocenters. The van der Waals surface area contributed by atoms with E-state index < -0.39 is 5.60 Å². The maximum absolute atomic E-state index is 10.1. The van der Waals surface area contributed by atoms with Crippen LogP contribution >= 0.6 is 0 Å². The van der Waals surface area contributed by atoms with E-state index in [2.05, 4.69) is 11.8 Å². The van der Waals surface area contributed by atoms with E-state index in [1.54, 1.807) is 6.92 Å². The van der Waals surface area contributed by atoms with Crippen molar-refractivity contribution in [2.24, 2.45) is 5.41 Å². The largest absolute Gasteiger partial charge is 0.465 e. The smallest absolute Gasteiger partial charge is 0.293 e. The molecule has 3 nitrogen and oxygen atoms in total. The van der Waals surface area contributed by atoms with Gasteiger partial charge in [-0.25, -0.2) is 0 Å². The molecule has 3 heteroatoms. The van der Waals surface area contributed by atoms with Gasteiger partial charge in [0.05, 0.1) is 6.10 Å². The Balaban J connectivity index is 4.09. The molecule has 0 radical (unpaired) electrons. The molecule has 0 aliphatic heterocycles. The van der Waals surface area contributed by atoms with Crippen molar-refractivity contribution in [3.63, 3.8) is 0 Å². The van der Waals surface area contributed by atoms with E-state index in [-0.39, 0.29) is 11.5 Å². The van der Waals surface area contributed by atoms with Crippen molar-refractivity contribution in [3.05, 3.63) is 0 Å². The van der Waals surface area contributed by atoms with Crippen LogP contribution in [-0.4, -0.2) is 23.3 Å². The van der Waals surface area contributed by atoms with Gasteiger partial charge in [0.15, 0.2) is 0 Å². The van der Waals surface area contributed by atoms with E-state index in [9.17, 15) is 9.90 Å². The first-order valence-electron chi connectivity index (χ1n) is 6.02. The van der Waals surface area contributed by atoms with Crippen molar-refractivity contribution in [2.75, 3.05) is 0 Å². The monoisotopic (exact) mass is 240 g/mol. The first kappa shape index (κ1) is 16.0. The molecule has 0 heterocycles. The van der Waals surface area contributed by atoms with Gasteiger partial charge >= 0.3 is 0 Å². The third kappa shape index (κ3) is 9.89. The average Bonchev–Trinajstić information content (AvgIpc) is 2.14. The van der Waals surface area contributed by atoms with Crippen molar-refractivity contribution >= 4 is 6.47 Å². The van der Waals surface area contributed by atoms with Gasteiger partial charge in [-0.15, -0.1) is 0 Å². The summed E-state index contributed by atoms with van der Waals surface area (Å²) >= 11 is 0. The van der Waals surface area contributed by atoms with Gasteiger partial charge < -0.3 is 9.84 Å². The van der Waals surface area contributed by atoms with Crippen LogP contribution in [0, 0.1) is 17.3 Å². The molecule has 0 aromatic rings. The molecular formula is C14H24O3. The summed E-state index contributed by atoms with van der Waals surface area (Å²) in [6, 6.07) is 0. The number of carbonyl (C=O) groups excluding carboxylic acids is 1. The van der Waals surface area contributed by atoms with Crippen LogP contribution in [-0.2, 0) is 9.53 Å². The van der Waals surface area contributed by atoms with Gasteiger partial charge in [-0.1, -0.05) is 11.8 Å². The molecule has 0 saturated heterocycles. The van der Waals surface area contributed by atoms with Crippen molar-refractivity contribution in [1.29, 1.82) is 0 Å². The maximum atomic E-state index is 10.1. The van der Waals surface area contributed by atoms with Gasteiger partial charge in [0, 0.05) is 5.41 Å². The van der Waals surface area contributed by atoms with Crippen LogP contribution in [0.25, 0.3) is 0 Å². The standard InChI is InChI=1S/C14H24O3/c1-12(17-11-15)7-6-8-14(5,16)10-9-13(2,3)4/h11-12,16H,6-8H2,1-5H3/t12-,14+/m0/s1. The van der Waals surface area contributed by atoms with Crippen LogP contribution in [0.3, 0.4) is 0 Å². The number of carbonyl (C=O) groups is 1. The lowest BCUT2D eigenvalue weighted by atomic mass is 9.93. The number of hydrogen-bond donors (Lipinski definition) is 1. The van der Waals surface area contributed by atoms with Gasteiger partial charge in [-0.2, -0.15) is 0 Å². The molecule has 0 spiro atoms. The molecule has 17 heavy (non-hydrogen) atoms. The highest BCUT2D eigenvalue weighted by atomic mass is 16.5. The lowest BCUT2D eigenvalue weighted by Gasteiger charge is -2.18. The summed E-state index contributed by atoms with van der Waals surface area (Å²) in [6.45, 7) is 10.0. The van der Waals surface area contributed by atoms with Crippen LogP contribution in [0.5, 0.6) is 0 Å². The average molecular weight is 240 g/mol. The number of aliphatic hydroxyl groups is 1. The van der Waals surface area contributed by atoms with Crippen molar-refractivity contribution in [1.82, 2.24) is 0 Å². The molecule has 0 saturated carbocycles. The van der Waals surface area contributed by atoms with Crippen molar-refractivity contribution in [2.45, 2.75) is 65.6 Å². The minimum atomic E-state index is -0.964. The first-order chi connectivity index (χ1) is 7.66. The Kier molecular flexibility index (Phi) is 6.26. The molecule has 0 aromatic heterocycles. The molecule has 0 amide bonds. The SMILES string of the molecule is C[C@@H](CCC[C@@](C)(O)C#CC(C)(C)C)OC=O. The number of rotatable bonds is 6. The summed E-state index contributed by atoms with van der Waals surface area (Å²) in [5.74, 6) is 5.94. The second kappa shape index (κ2) is 6.66. The molecular weight excluding hydrogens is 216 g/mol. The Bertz CT molecular complexity index is 289. The van der Waals surface area contributed by atoms with Crippen molar-refractivity contribution < 1.29 is 14.6 Å². The third-order valence-corrected chi connectivity index (χ3v) is 2.27. The van der Waals surface area contributed by atoms with E-state index in [1.807, 2.05) is 27.7 Å². The van der Waals surface area contributed by atoms with Crippen LogP contribution < -0.4 is 0 Å². The topological polar surface area (TPSA) is 46.5 Å². The Hall–Kier alpha value is -1.01. The second-order valence-electron chi connectivity index (χ2n) is 5.71. The summed E-state index contributed by atoms with van der Waals surface area (Å²) in [4.78, 5) is 10.1. The highest BCUT2D eigenvalue weighted by Crippen LogP contribution is 2.17. The zero-order valence-electron chi connectivity index (χ0n) is 11.5. The zero-order valence-corrected chi connectivity index (χ0v) is 11.5. The quantitative estimate of drug-likeness (QED) is 0.573. The highest BCUT2D eigenvalue weighted by Gasteiger charge is 2.18. The Morgan fingerprint density at radius 3 is 2.35 bits per heavy atom. The zero-order chi connectivity index (χ0) is 13.5. The van der Waals surface area contributed by atoms with Gasteiger partial charge in [-0.3, -0.25) is 4.79 Å². The molecule has 0 rings (SSSR count). The van der Waals surface area contributed by atoms with Gasteiger partial charge in [0.1, 0.15) is 5.60 Å². The van der Waals surface area contributed by atoms with Gasteiger partial charge in [-0.05, 0) is 53.9 Å². The lowest BCUT2D eigenvalue weighted by molar-refractivity contribution is -0.133. The predicted molar refractivity (Wildman–Crippen MR) is 68.3 cm³/mol. The Morgan fingerprint density at radius 2 is 1.88 bits per heavy atom. The molecule has 98 valence electrons. The maximum Gasteiger partial charge on any atom is 0.293 e. The van der Waals surface area contributed by atoms with E-state index in [0.29, 0.717) is 12.9 Å². The third-order valence-electron chi connectivity index (χ3n) is 2.27. The van der Waals surface area contributed by atoms with Gasteiger partial charge in [0.25, 0.3) is 6.47 Å². The summed E-state index contributed by atoms with van der Waals surface area (Å²) in [6.07, 6.45) is 2.01. The fourth-order valence-corrected chi connectivity index (χ4v) is 1.28.